The molecule has 1 aromatic heterocycles. The summed E-state index contributed by atoms with van der Waals surface area (Å²) in [7, 11) is -5.05. The van der Waals surface area contributed by atoms with Crippen LogP contribution in [0.2, 0.25) is 0 Å². The van der Waals surface area contributed by atoms with Crippen LogP contribution >= 0.6 is 0 Å². The van der Waals surface area contributed by atoms with E-state index in [2.05, 4.69) is 14.5 Å². The molecule has 1 amide bonds. The Morgan fingerprint density at radius 1 is 1.22 bits per heavy atom. The van der Waals surface area contributed by atoms with E-state index in [-0.39, 0.29) is 24.0 Å². The second kappa shape index (κ2) is 7.19. The summed E-state index contributed by atoms with van der Waals surface area (Å²) in [6, 6.07) is 9.05. The molecular formula is C15H15FN2O4S. The van der Waals surface area contributed by atoms with Crippen LogP contribution in [0.1, 0.15) is 24.8 Å². The van der Waals surface area contributed by atoms with E-state index in [1.807, 2.05) is 19.1 Å². The van der Waals surface area contributed by atoms with E-state index in [1.54, 1.807) is 12.4 Å². The quantitative estimate of drug-likeness (QED) is 0.819. The zero-order chi connectivity index (χ0) is 16.9. The molecule has 0 bridgehead atoms. The monoisotopic (exact) mass is 338 g/mol. The van der Waals surface area contributed by atoms with Gasteiger partial charge in [-0.25, -0.2) is 0 Å². The lowest BCUT2D eigenvalue weighted by Gasteiger charge is -2.12. The minimum atomic E-state index is -5.05. The number of halogens is 1. The summed E-state index contributed by atoms with van der Waals surface area (Å²) in [6.45, 7) is 1.93. The summed E-state index contributed by atoms with van der Waals surface area (Å²) in [6.07, 6.45) is 3.61. The van der Waals surface area contributed by atoms with E-state index in [1.165, 1.54) is 24.3 Å². The SMILES string of the molecule is CC(CC(=O)Nc1ccc(OS(=O)(=O)F)cc1)c1ccncc1. The van der Waals surface area contributed by atoms with Gasteiger partial charge in [0.25, 0.3) is 0 Å². The molecule has 2 aromatic rings. The Balaban J connectivity index is 1.93. The largest absolute Gasteiger partial charge is 0.488 e. The van der Waals surface area contributed by atoms with E-state index in [9.17, 15) is 17.1 Å². The predicted molar refractivity (Wildman–Crippen MR) is 83.0 cm³/mol. The summed E-state index contributed by atoms with van der Waals surface area (Å²) in [5, 5.41) is 2.68. The number of hydrogen-bond donors (Lipinski definition) is 1. The van der Waals surface area contributed by atoms with E-state index in [4.69, 9.17) is 0 Å². The Morgan fingerprint density at radius 3 is 2.39 bits per heavy atom. The molecule has 0 aliphatic heterocycles. The smallest absolute Gasteiger partial charge is 0.358 e. The first kappa shape index (κ1) is 16.9. The maximum Gasteiger partial charge on any atom is 0.488 e. The maximum atomic E-state index is 12.4. The van der Waals surface area contributed by atoms with Crippen LogP contribution in [-0.4, -0.2) is 19.3 Å². The van der Waals surface area contributed by atoms with E-state index in [0.717, 1.165) is 5.56 Å². The third-order valence-electron chi connectivity index (χ3n) is 3.10. The second-order valence-corrected chi connectivity index (χ2v) is 5.89. The Kier molecular flexibility index (Phi) is 5.28. The molecule has 0 saturated heterocycles. The molecule has 1 atom stereocenters. The number of carbonyl (C=O) groups excluding carboxylic acids is 1. The number of aromatic nitrogens is 1. The lowest BCUT2D eigenvalue weighted by molar-refractivity contribution is -0.116. The molecule has 1 aromatic carbocycles. The predicted octanol–water partition coefficient (Wildman–Crippen LogP) is 2.81. The molecule has 1 N–H and O–H groups in total. The zero-order valence-corrected chi connectivity index (χ0v) is 13.1. The van der Waals surface area contributed by atoms with Crippen LogP contribution in [0.3, 0.4) is 0 Å². The van der Waals surface area contributed by atoms with Crippen LogP contribution in [0, 0.1) is 0 Å². The number of nitrogens with zero attached hydrogens (tertiary/aromatic N) is 1. The Morgan fingerprint density at radius 2 is 1.83 bits per heavy atom. The Hall–Kier alpha value is -2.48. The van der Waals surface area contributed by atoms with Gasteiger partial charge in [0.05, 0.1) is 0 Å². The van der Waals surface area contributed by atoms with Crippen molar-refractivity contribution in [2.45, 2.75) is 19.3 Å². The molecule has 0 spiro atoms. The number of anilines is 1. The van der Waals surface area contributed by atoms with Crippen molar-refractivity contribution >= 4 is 22.1 Å². The maximum absolute atomic E-state index is 12.4. The average molecular weight is 338 g/mol. The first-order valence-corrected chi connectivity index (χ1v) is 8.08. The molecule has 122 valence electrons. The molecule has 0 aliphatic rings. The summed E-state index contributed by atoms with van der Waals surface area (Å²) < 4.78 is 37.1. The van der Waals surface area contributed by atoms with Crippen molar-refractivity contribution in [3.63, 3.8) is 0 Å². The van der Waals surface area contributed by atoms with Crippen molar-refractivity contribution in [3.05, 3.63) is 54.4 Å². The fraction of sp³-hybridized carbons (Fsp3) is 0.200. The number of hydrogen-bond acceptors (Lipinski definition) is 5. The Labute approximate surface area is 133 Å². The van der Waals surface area contributed by atoms with Crippen molar-refractivity contribution in [1.29, 1.82) is 0 Å². The van der Waals surface area contributed by atoms with Gasteiger partial charge < -0.3 is 9.50 Å². The number of amides is 1. The summed E-state index contributed by atoms with van der Waals surface area (Å²) >= 11 is 0. The normalized spacial score (nSPS) is 12.4. The van der Waals surface area contributed by atoms with Crippen molar-refractivity contribution in [2.24, 2.45) is 0 Å². The van der Waals surface area contributed by atoms with Gasteiger partial charge in [0, 0.05) is 24.5 Å². The van der Waals surface area contributed by atoms with Gasteiger partial charge in [-0.2, -0.15) is 8.42 Å². The van der Waals surface area contributed by atoms with E-state index >= 15 is 0 Å². The minimum absolute atomic E-state index is 0.0253. The van der Waals surface area contributed by atoms with Gasteiger partial charge in [-0.3, -0.25) is 9.78 Å². The average Bonchev–Trinajstić information content (AvgIpc) is 2.48. The summed E-state index contributed by atoms with van der Waals surface area (Å²) in [5.41, 5.74) is 1.47. The number of carbonyl (C=O) groups is 1. The highest BCUT2D eigenvalue weighted by Crippen LogP contribution is 2.21. The molecule has 1 unspecified atom stereocenters. The van der Waals surface area contributed by atoms with Crippen LogP contribution in [-0.2, 0) is 15.3 Å². The van der Waals surface area contributed by atoms with E-state index < -0.39 is 10.5 Å². The van der Waals surface area contributed by atoms with Gasteiger partial charge >= 0.3 is 10.5 Å². The highest BCUT2D eigenvalue weighted by molar-refractivity contribution is 7.81. The molecule has 23 heavy (non-hydrogen) atoms. The fourth-order valence-corrected chi connectivity index (χ4v) is 2.35. The van der Waals surface area contributed by atoms with Crippen molar-refractivity contribution in [2.75, 3.05) is 5.32 Å². The molecule has 0 fully saturated rings. The fourth-order valence-electron chi connectivity index (χ4n) is 2.01. The van der Waals surface area contributed by atoms with Crippen LogP contribution in [0.15, 0.2) is 48.8 Å². The van der Waals surface area contributed by atoms with Crippen LogP contribution in [0.25, 0.3) is 0 Å². The standard InChI is InChI=1S/C15H15FN2O4S/c1-11(12-6-8-17-9-7-12)10-15(19)18-13-2-4-14(5-3-13)22-23(16,20)21/h2-9,11H,10H2,1H3,(H,18,19). The van der Waals surface area contributed by atoms with Crippen LogP contribution in [0.4, 0.5) is 9.57 Å². The lowest BCUT2D eigenvalue weighted by Crippen LogP contribution is -2.14. The van der Waals surface area contributed by atoms with Gasteiger partial charge in [-0.15, -0.1) is 0 Å². The summed E-state index contributed by atoms with van der Waals surface area (Å²) in [4.78, 5) is 15.9. The molecule has 2 rings (SSSR count). The molecule has 8 heteroatoms. The highest BCUT2D eigenvalue weighted by atomic mass is 32.3. The van der Waals surface area contributed by atoms with Crippen molar-refractivity contribution in [3.8, 4) is 5.75 Å². The number of nitrogens with one attached hydrogen (secondary N) is 1. The van der Waals surface area contributed by atoms with Gasteiger partial charge in [0.1, 0.15) is 5.75 Å². The summed E-state index contributed by atoms with van der Waals surface area (Å²) in [5.74, 6) is -0.339. The number of pyridine rings is 1. The van der Waals surface area contributed by atoms with Crippen LogP contribution in [0.5, 0.6) is 5.75 Å². The molecular weight excluding hydrogens is 323 g/mol. The van der Waals surface area contributed by atoms with Gasteiger partial charge in [0.15, 0.2) is 0 Å². The Bertz CT molecular complexity index is 764. The molecule has 0 saturated carbocycles. The molecule has 0 aliphatic carbocycles. The first-order valence-electron chi connectivity index (χ1n) is 6.77. The van der Waals surface area contributed by atoms with Crippen LogP contribution < -0.4 is 9.50 Å². The van der Waals surface area contributed by atoms with E-state index in [0.29, 0.717) is 5.69 Å². The van der Waals surface area contributed by atoms with Crippen molar-refractivity contribution < 1.29 is 21.3 Å². The molecule has 6 nitrogen and oxygen atoms in total. The third-order valence-corrected chi connectivity index (χ3v) is 3.49. The molecule has 1 heterocycles. The lowest BCUT2D eigenvalue weighted by atomic mass is 9.99. The zero-order valence-electron chi connectivity index (χ0n) is 12.3. The topological polar surface area (TPSA) is 85.4 Å². The van der Waals surface area contributed by atoms with Gasteiger partial charge in [-0.1, -0.05) is 10.8 Å². The second-order valence-electron chi connectivity index (χ2n) is 4.93. The van der Waals surface area contributed by atoms with Crippen molar-refractivity contribution in [1.82, 2.24) is 4.98 Å². The number of benzene rings is 1. The first-order chi connectivity index (χ1) is 10.8. The molecule has 0 radical (unpaired) electrons. The third kappa shape index (κ3) is 5.67. The minimum Gasteiger partial charge on any atom is -0.358 e. The number of rotatable bonds is 6. The van der Waals surface area contributed by atoms with Gasteiger partial charge in [0.2, 0.25) is 5.91 Å². The van der Waals surface area contributed by atoms with Gasteiger partial charge in [-0.05, 0) is 47.9 Å². The highest BCUT2D eigenvalue weighted by Gasteiger charge is 2.12.